The lowest BCUT2D eigenvalue weighted by molar-refractivity contribution is -0.129. The van der Waals surface area contributed by atoms with Gasteiger partial charge in [0.2, 0.25) is 11.8 Å². The molecule has 1 saturated carbocycles. The summed E-state index contributed by atoms with van der Waals surface area (Å²) in [6.07, 6.45) is 3.27. The Morgan fingerprint density at radius 2 is 2.23 bits per heavy atom. The summed E-state index contributed by atoms with van der Waals surface area (Å²) < 4.78 is 0. The molecule has 0 aromatic heterocycles. The van der Waals surface area contributed by atoms with Gasteiger partial charge in [-0.15, -0.1) is 0 Å². The number of carbonyl (C=O) groups excluding carboxylic acids is 2. The number of hydrogen-bond donors (Lipinski definition) is 1. The van der Waals surface area contributed by atoms with E-state index in [1.165, 1.54) is 0 Å². The average molecular weight is 321 g/mol. The van der Waals surface area contributed by atoms with Gasteiger partial charge in [-0.3, -0.25) is 9.59 Å². The van der Waals surface area contributed by atoms with Gasteiger partial charge in [-0.25, -0.2) is 0 Å². The van der Waals surface area contributed by atoms with Gasteiger partial charge in [-0.2, -0.15) is 0 Å². The molecular formula is C17H21ClN2O2. The van der Waals surface area contributed by atoms with Crippen molar-refractivity contribution in [1.82, 2.24) is 10.2 Å². The van der Waals surface area contributed by atoms with Crippen LogP contribution in [0.15, 0.2) is 24.3 Å². The molecule has 118 valence electrons. The predicted octanol–water partition coefficient (Wildman–Crippen LogP) is 2.50. The van der Waals surface area contributed by atoms with Crippen LogP contribution in [0.5, 0.6) is 0 Å². The highest BCUT2D eigenvalue weighted by atomic mass is 35.5. The molecule has 1 aromatic rings. The lowest BCUT2D eigenvalue weighted by Crippen LogP contribution is -2.46. The fourth-order valence-corrected chi connectivity index (χ4v) is 3.38. The van der Waals surface area contributed by atoms with E-state index >= 15 is 0 Å². The van der Waals surface area contributed by atoms with Crippen LogP contribution in [-0.4, -0.2) is 35.8 Å². The largest absolute Gasteiger partial charge is 0.351 e. The van der Waals surface area contributed by atoms with Gasteiger partial charge in [0.15, 0.2) is 0 Å². The van der Waals surface area contributed by atoms with Crippen LogP contribution < -0.4 is 5.32 Å². The molecule has 5 heteroatoms. The van der Waals surface area contributed by atoms with Gasteiger partial charge in [0.05, 0.1) is 5.41 Å². The lowest BCUT2D eigenvalue weighted by atomic mass is 9.94. The van der Waals surface area contributed by atoms with Crippen LogP contribution >= 0.6 is 11.6 Å². The van der Waals surface area contributed by atoms with E-state index in [9.17, 15) is 9.59 Å². The summed E-state index contributed by atoms with van der Waals surface area (Å²) in [5.74, 6) is 0.242. The van der Waals surface area contributed by atoms with Crippen molar-refractivity contribution in [2.24, 2.45) is 0 Å². The summed E-state index contributed by atoms with van der Waals surface area (Å²) in [6, 6.07) is 7.51. The first kappa shape index (κ1) is 15.3. The summed E-state index contributed by atoms with van der Waals surface area (Å²) in [6.45, 7) is 3.35. The molecule has 2 fully saturated rings. The molecule has 1 N–H and O–H groups in total. The number of carbonyl (C=O) groups is 2. The van der Waals surface area contributed by atoms with Crippen LogP contribution in [0.1, 0.15) is 38.2 Å². The Balaban J connectivity index is 1.63. The molecule has 2 aliphatic rings. The molecule has 0 spiro atoms. The van der Waals surface area contributed by atoms with E-state index in [2.05, 4.69) is 5.32 Å². The Kier molecular flexibility index (Phi) is 4.13. The molecule has 4 nitrogen and oxygen atoms in total. The van der Waals surface area contributed by atoms with Crippen LogP contribution in [-0.2, 0) is 15.0 Å². The monoisotopic (exact) mass is 320 g/mol. The quantitative estimate of drug-likeness (QED) is 0.906. The van der Waals surface area contributed by atoms with Crippen molar-refractivity contribution in [3.63, 3.8) is 0 Å². The van der Waals surface area contributed by atoms with E-state index in [-0.39, 0.29) is 17.9 Å². The minimum absolute atomic E-state index is 0.0359. The zero-order chi connectivity index (χ0) is 15.7. The summed E-state index contributed by atoms with van der Waals surface area (Å²) in [5, 5.41) is 3.73. The molecule has 0 bridgehead atoms. The first-order valence-corrected chi connectivity index (χ1v) is 8.24. The second kappa shape index (κ2) is 5.92. The van der Waals surface area contributed by atoms with Crippen molar-refractivity contribution in [2.75, 3.05) is 13.1 Å². The minimum Gasteiger partial charge on any atom is -0.351 e. The topological polar surface area (TPSA) is 49.4 Å². The van der Waals surface area contributed by atoms with E-state index in [1.807, 2.05) is 36.1 Å². The van der Waals surface area contributed by atoms with Crippen LogP contribution in [0.2, 0.25) is 5.02 Å². The fourth-order valence-electron chi connectivity index (χ4n) is 3.19. The Hall–Kier alpha value is -1.55. The Morgan fingerprint density at radius 1 is 1.45 bits per heavy atom. The summed E-state index contributed by atoms with van der Waals surface area (Å²) in [5.41, 5.74) is 0.565. The zero-order valence-electron chi connectivity index (χ0n) is 12.8. The number of likely N-dealkylation sites (tertiary alicyclic amines) is 1. The Morgan fingerprint density at radius 3 is 2.82 bits per heavy atom. The van der Waals surface area contributed by atoms with Crippen molar-refractivity contribution < 1.29 is 9.59 Å². The minimum atomic E-state index is -0.422. The number of nitrogens with zero attached hydrogens (tertiary/aromatic N) is 1. The Labute approximate surface area is 135 Å². The van der Waals surface area contributed by atoms with E-state index in [4.69, 9.17) is 11.6 Å². The molecule has 2 amide bonds. The summed E-state index contributed by atoms with van der Waals surface area (Å²) in [7, 11) is 0. The molecule has 0 unspecified atom stereocenters. The van der Waals surface area contributed by atoms with Gasteiger partial charge in [0.25, 0.3) is 0 Å². The molecule has 1 atom stereocenters. The van der Waals surface area contributed by atoms with Gasteiger partial charge >= 0.3 is 0 Å². The molecule has 1 aliphatic carbocycles. The van der Waals surface area contributed by atoms with Crippen LogP contribution in [0.3, 0.4) is 0 Å². The predicted molar refractivity (Wildman–Crippen MR) is 85.8 cm³/mol. The third kappa shape index (κ3) is 2.98. The smallest absolute Gasteiger partial charge is 0.230 e. The van der Waals surface area contributed by atoms with Crippen molar-refractivity contribution in [1.29, 1.82) is 0 Å². The zero-order valence-corrected chi connectivity index (χ0v) is 13.5. The lowest BCUT2D eigenvalue weighted by Gasteiger charge is -2.24. The molecule has 0 radical (unpaired) electrons. The highest BCUT2D eigenvalue weighted by Gasteiger charge is 2.51. The van der Waals surface area contributed by atoms with Crippen LogP contribution in [0.25, 0.3) is 0 Å². The Bertz CT molecular complexity index is 598. The molecule has 3 rings (SSSR count). The van der Waals surface area contributed by atoms with Gasteiger partial charge in [0.1, 0.15) is 0 Å². The van der Waals surface area contributed by atoms with Gasteiger partial charge in [0, 0.05) is 30.6 Å². The summed E-state index contributed by atoms with van der Waals surface area (Å²) >= 11 is 6.04. The summed E-state index contributed by atoms with van der Waals surface area (Å²) in [4.78, 5) is 26.1. The van der Waals surface area contributed by atoms with E-state index in [0.717, 1.165) is 31.4 Å². The molecule has 1 aromatic carbocycles. The molecule has 1 aliphatic heterocycles. The van der Waals surface area contributed by atoms with Gasteiger partial charge < -0.3 is 10.2 Å². The number of hydrogen-bond acceptors (Lipinski definition) is 2. The third-order valence-electron chi connectivity index (χ3n) is 4.60. The number of nitrogens with one attached hydrogen (secondary N) is 1. The van der Waals surface area contributed by atoms with Crippen molar-refractivity contribution in [3.05, 3.63) is 34.9 Å². The first-order chi connectivity index (χ1) is 10.5. The molecule has 1 saturated heterocycles. The maximum atomic E-state index is 12.6. The maximum Gasteiger partial charge on any atom is 0.230 e. The van der Waals surface area contributed by atoms with Crippen LogP contribution in [0, 0.1) is 0 Å². The molecule has 22 heavy (non-hydrogen) atoms. The number of benzene rings is 1. The highest BCUT2D eigenvalue weighted by Crippen LogP contribution is 2.48. The number of amides is 2. The molecular weight excluding hydrogens is 300 g/mol. The van der Waals surface area contributed by atoms with Crippen molar-refractivity contribution in [3.8, 4) is 0 Å². The average Bonchev–Trinajstić information content (AvgIpc) is 3.20. The van der Waals surface area contributed by atoms with Crippen molar-refractivity contribution in [2.45, 2.75) is 44.1 Å². The van der Waals surface area contributed by atoms with E-state index < -0.39 is 5.41 Å². The second-order valence-electron chi connectivity index (χ2n) is 6.41. The molecule has 1 heterocycles. The van der Waals surface area contributed by atoms with Crippen LogP contribution in [0.4, 0.5) is 0 Å². The highest BCUT2D eigenvalue weighted by molar-refractivity contribution is 6.30. The third-order valence-corrected chi connectivity index (χ3v) is 4.84. The van der Waals surface area contributed by atoms with Gasteiger partial charge in [-0.05, 0) is 43.9 Å². The van der Waals surface area contributed by atoms with E-state index in [0.29, 0.717) is 18.0 Å². The van der Waals surface area contributed by atoms with E-state index in [1.54, 1.807) is 0 Å². The maximum absolute atomic E-state index is 12.6. The fraction of sp³-hybridized carbons (Fsp3) is 0.529. The van der Waals surface area contributed by atoms with Crippen molar-refractivity contribution >= 4 is 23.4 Å². The number of halogens is 1. The standard InChI is InChI=1S/C17H21ClN2O2/c1-12(11-20-9-3-6-15(20)21)19-16(22)17(7-8-17)13-4-2-5-14(18)10-13/h2,4-5,10,12H,3,6-9,11H2,1H3,(H,19,22)/t12-/m0/s1. The number of rotatable bonds is 5. The second-order valence-corrected chi connectivity index (χ2v) is 6.85. The first-order valence-electron chi connectivity index (χ1n) is 7.86. The SMILES string of the molecule is C[C@@H](CN1CCCC1=O)NC(=O)C1(c2cccc(Cl)c2)CC1. The normalized spacial score (nSPS) is 20.8. The van der Waals surface area contributed by atoms with Gasteiger partial charge in [-0.1, -0.05) is 23.7 Å².